The average Bonchev–Trinajstić information content (AvgIpc) is 3.35. The molecule has 0 radical (unpaired) electrons. The van der Waals surface area contributed by atoms with Crippen LogP contribution in [-0.4, -0.2) is 0 Å². The molecule has 0 aliphatic heterocycles. The van der Waals surface area contributed by atoms with Crippen LogP contribution in [0.4, 0.5) is 0 Å². The Kier molecular flexibility index (Phi) is 20.4. The van der Waals surface area contributed by atoms with Crippen molar-refractivity contribution < 1.29 is 51.0 Å². The van der Waals surface area contributed by atoms with Crippen molar-refractivity contribution in [1.82, 2.24) is 0 Å². The molecule has 4 rings (SSSR count). The summed E-state index contributed by atoms with van der Waals surface area (Å²) in [5.41, 5.74) is 2.98. The summed E-state index contributed by atoms with van der Waals surface area (Å²) >= 11 is 0. The Morgan fingerprint density at radius 2 is 1.00 bits per heavy atom. The van der Waals surface area contributed by atoms with Crippen molar-refractivity contribution in [1.29, 1.82) is 0 Å². The predicted octanol–water partition coefficient (Wildman–Crippen LogP) is 2.85. The molecule has 0 aromatic heterocycles. The van der Waals surface area contributed by atoms with Crippen LogP contribution in [0.15, 0.2) is 72.8 Å². The molecule has 0 atom stereocenters. The van der Waals surface area contributed by atoms with Gasteiger partial charge in [-0.05, 0) is 12.8 Å². The van der Waals surface area contributed by atoms with Crippen LogP contribution in [-0.2, 0) is 39.0 Å². The maximum atomic E-state index is 3.38. The first-order valence-corrected chi connectivity index (χ1v) is 11.1. The first kappa shape index (κ1) is 33.3. The van der Waals surface area contributed by atoms with E-state index in [2.05, 4.69) is 100 Å². The first-order chi connectivity index (χ1) is 14.2. The van der Waals surface area contributed by atoms with Gasteiger partial charge in [-0.3, -0.25) is 0 Å². The van der Waals surface area contributed by atoms with Crippen LogP contribution < -0.4 is 24.8 Å². The molecule has 0 nitrogen and oxygen atoms in total. The fourth-order valence-corrected chi connectivity index (χ4v) is 3.48. The molecule has 32 heavy (non-hydrogen) atoms. The molecule has 0 fully saturated rings. The molecule has 4 aromatic carbocycles. The zero-order valence-corrected chi connectivity index (χ0v) is 23.5. The molecule has 0 heterocycles. The van der Waals surface area contributed by atoms with Gasteiger partial charge in [0.1, 0.15) is 0 Å². The van der Waals surface area contributed by atoms with Gasteiger partial charge >= 0.3 is 26.2 Å². The molecule has 0 aliphatic rings. The maximum Gasteiger partial charge on any atom is 2.00 e. The number of rotatable bonds is 6. The van der Waals surface area contributed by atoms with Crippen molar-refractivity contribution in [3.63, 3.8) is 0 Å². The normalized spacial score (nSPS) is 9.38. The van der Waals surface area contributed by atoms with Gasteiger partial charge in [-0.2, -0.15) is 12.1 Å². The van der Waals surface area contributed by atoms with Crippen molar-refractivity contribution in [2.24, 2.45) is 0 Å². The van der Waals surface area contributed by atoms with E-state index in [0.717, 1.165) is 6.42 Å². The number of hydrogen-bond acceptors (Lipinski definition) is 0. The number of aryl methyl sites for hydroxylation is 2. The van der Waals surface area contributed by atoms with Crippen LogP contribution in [0.3, 0.4) is 0 Å². The van der Waals surface area contributed by atoms with Crippen LogP contribution in [0.25, 0.3) is 21.5 Å². The molecule has 0 saturated carbocycles. The molecule has 0 aliphatic carbocycles. The minimum absolute atomic E-state index is 0. The second kappa shape index (κ2) is 19.6. The molecule has 0 unspecified atom stereocenters. The zero-order valence-electron chi connectivity index (χ0n) is 19.5. The van der Waals surface area contributed by atoms with Crippen molar-refractivity contribution in [2.45, 2.75) is 58.8 Å². The predicted molar refractivity (Wildman–Crippen MR) is 132 cm³/mol. The van der Waals surface area contributed by atoms with Gasteiger partial charge in [0.2, 0.25) is 0 Å². The van der Waals surface area contributed by atoms with Gasteiger partial charge in [0.25, 0.3) is 0 Å². The van der Waals surface area contributed by atoms with E-state index < -0.39 is 0 Å². The Morgan fingerprint density at radius 3 is 1.31 bits per heavy atom. The van der Waals surface area contributed by atoms with E-state index in [0.29, 0.717) is 0 Å². The Labute approximate surface area is 227 Å². The average molecular weight is 547 g/mol. The number of hydrogen-bond donors (Lipinski definition) is 0. The fourth-order valence-electron chi connectivity index (χ4n) is 3.48. The molecule has 0 spiro atoms. The number of unbranched alkanes of at least 4 members (excludes halogenated alkanes) is 2. The second-order valence-electron chi connectivity index (χ2n) is 7.55. The second-order valence-corrected chi connectivity index (χ2v) is 7.55. The van der Waals surface area contributed by atoms with E-state index in [1.54, 1.807) is 0 Å². The van der Waals surface area contributed by atoms with E-state index in [4.69, 9.17) is 0 Å². The smallest absolute Gasteiger partial charge is 1.00 e. The van der Waals surface area contributed by atoms with Gasteiger partial charge in [-0.25, -0.2) is 0 Å². The van der Waals surface area contributed by atoms with Crippen molar-refractivity contribution in [3.05, 3.63) is 97.8 Å². The van der Waals surface area contributed by atoms with Gasteiger partial charge in [0.05, 0.1) is 0 Å². The van der Waals surface area contributed by atoms with Gasteiger partial charge < -0.3 is 45.1 Å². The number of benzene rings is 2. The summed E-state index contributed by atoms with van der Waals surface area (Å²) in [6.45, 7) is 11.2. The van der Waals surface area contributed by atoms with Crippen LogP contribution >= 0.6 is 0 Å². The molecule has 4 aromatic rings. The molecule has 0 saturated heterocycles. The van der Waals surface area contributed by atoms with E-state index in [1.165, 1.54) is 71.2 Å². The molecular formula is C29H36Cl2Zr-4. The van der Waals surface area contributed by atoms with Gasteiger partial charge in [-0.15, -0.1) is 81.2 Å². The van der Waals surface area contributed by atoms with E-state index >= 15 is 0 Å². The van der Waals surface area contributed by atoms with E-state index in [9.17, 15) is 0 Å². The van der Waals surface area contributed by atoms with E-state index in [-0.39, 0.29) is 51.0 Å². The molecule has 3 heteroatoms. The fraction of sp³-hybridized carbons (Fsp3) is 0.310. The summed E-state index contributed by atoms with van der Waals surface area (Å²) in [6.07, 6.45) is 8.37. The third-order valence-corrected chi connectivity index (χ3v) is 4.99. The van der Waals surface area contributed by atoms with Crippen LogP contribution in [0.5, 0.6) is 0 Å². The standard InChI is InChI=1S/2C13H15.C3H6.2ClH.Zr/c2*1-2-3-6-11-9-12-7-4-5-8-13(12)10-11;1-3-2;;;/h2*4-5,7-10H,2-3,6H2,1H3;1-3H2;2*1H;/q2*-1;-2;;;+2/p-2. The molecule has 174 valence electrons. The van der Waals surface area contributed by atoms with E-state index in [1.807, 2.05) is 0 Å². The Bertz CT molecular complexity index is 808. The molecule has 0 bridgehead atoms. The molecular weight excluding hydrogens is 510 g/mol. The summed E-state index contributed by atoms with van der Waals surface area (Å²) in [5, 5.41) is 5.53. The zero-order chi connectivity index (χ0) is 20.9. The maximum absolute atomic E-state index is 3.38. The van der Waals surface area contributed by atoms with Crippen LogP contribution in [0, 0.1) is 13.8 Å². The van der Waals surface area contributed by atoms with Gasteiger partial charge in [0.15, 0.2) is 0 Å². The van der Waals surface area contributed by atoms with Gasteiger partial charge in [0, 0.05) is 0 Å². The summed E-state index contributed by atoms with van der Waals surface area (Å²) in [5.74, 6) is 0. The van der Waals surface area contributed by atoms with Crippen LogP contribution in [0.1, 0.15) is 57.1 Å². The third-order valence-electron chi connectivity index (χ3n) is 4.99. The third kappa shape index (κ3) is 11.3. The number of fused-ring (bicyclic) bond motifs is 2. The van der Waals surface area contributed by atoms with Crippen molar-refractivity contribution in [3.8, 4) is 0 Å². The SMILES string of the molecule is CCCCc1cc2ccccc2[cH-]1.CCCCc1cc2ccccc2[cH-]1.[CH2-]C[CH2-].[Cl-].[Cl-].[Zr+2]. The minimum Gasteiger partial charge on any atom is -1.00 e. The summed E-state index contributed by atoms with van der Waals surface area (Å²) in [4.78, 5) is 0. The Balaban J connectivity index is 0. The Morgan fingerprint density at radius 1 is 0.656 bits per heavy atom. The number of halogens is 2. The quantitative estimate of drug-likeness (QED) is 0.327. The monoisotopic (exact) mass is 544 g/mol. The molecule has 0 N–H and O–H groups in total. The molecule has 0 amide bonds. The first-order valence-electron chi connectivity index (χ1n) is 11.1. The topological polar surface area (TPSA) is 0 Å². The van der Waals surface area contributed by atoms with Crippen LogP contribution in [0.2, 0.25) is 0 Å². The summed E-state index contributed by atoms with van der Waals surface area (Å²) in [6, 6.07) is 26.4. The van der Waals surface area contributed by atoms with Crippen molar-refractivity contribution >= 4 is 21.5 Å². The largest absolute Gasteiger partial charge is 2.00 e. The summed E-state index contributed by atoms with van der Waals surface area (Å²) < 4.78 is 0. The minimum atomic E-state index is 0. The Hall–Kier alpha value is -0.877. The van der Waals surface area contributed by atoms with Crippen molar-refractivity contribution in [2.75, 3.05) is 0 Å². The van der Waals surface area contributed by atoms with Gasteiger partial charge in [-0.1, -0.05) is 51.7 Å². The summed E-state index contributed by atoms with van der Waals surface area (Å²) in [7, 11) is 0.